The molecule has 0 aliphatic carbocycles. The van der Waals surface area contributed by atoms with Gasteiger partial charge in [0.25, 0.3) is 10.2 Å². The van der Waals surface area contributed by atoms with Gasteiger partial charge in [0.15, 0.2) is 0 Å². The maximum absolute atomic E-state index is 12.1. The predicted molar refractivity (Wildman–Crippen MR) is 80.1 cm³/mol. The van der Waals surface area contributed by atoms with Crippen molar-refractivity contribution in [3.05, 3.63) is 48.3 Å². The van der Waals surface area contributed by atoms with Crippen LogP contribution in [0.3, 0.4) is 0 Å². The topological polar surface area (TPSA) is 67.2 Å². The Bertz CT molecular complexity index is 691. The normalized spacial score (nSPS) is 16.4. The third-order valence-electron chi connectivity index (χ3n) is 3.52. The van der Waals surface area contributed by atoms with Gasteiger partial charge >= 0.3 is 0 Å². The van der Waals surface area contributed by atoms with Crippen LogP contribution in [0.25, 0.3) is 5.69 Å². The summed E-state index contributed by atoms with van der Waals surface area (Å²) in [6, 6.07) is 9.72. The van der Waals surface area contributed by atoms with Crippen LogP contribution in [0.15, 0.2) is 42.7 Å². The van der Waals surface area contributed by atoms with E-state index in [1.54, 1.807) is 10.9 Å². The van der Waals surface area contributed by atoms with Crippen LogP contribution in [0.4, 0.5) is 0 Å². The van der Waals surface area contributed by atoms with Crippen molar-refractivity contribution in [1.29, 1.82) is 0 Å². The molecule has 6 nitrogen and oxygen atoms in total. The molecule has 7 heteroatoms. The molecule has 2 heterocycles. The lowest BCUT2D eigenvalue weighted by molar-refractivity contribution is 0.464. The van der Waals surface area contributed by atoms with Crippen LogP contribution in [0.5, 0.6) is 0 Å². The Morgan fingerprint density at radius 1 is 1.14 bits per heavy atom. The molecule has 0 saturated carbocycles. The lowest BCUT2D eigenvalue weighted by atomic mass is 10.3. The fourth-order valence-electron chi connectivity index (χ4n) is 2.37. The van der Waals surface area contributed by atoms with Gasteiger partial charge in [-0.1, -0.05) is 18.2 Å². The van der Waals surface area contributed by atoms with E-state index < -0.39 is 10.2 Å². The van der Waals surface area contributed by atoms with E-state index in [1.807, 2.05) is 36.5 Å². The van der Waals surface area contributed by atoms with Crippen molar-refractivity contribution < 1.29 is 8.42 Å². The number of hydrogen-bond acceptors (Lipinski definition) is 3. The van der Waals surface area contributed by atoms with Crippen LogP contribution in [-0.2, 0) is 16.8 Å². The summed E-state index contributed by atoms with van der Waals surface area (Å²) in [6.07, 6.45) is 5.39. The molecule has 1 aliphatic rings. The Kier molecular flexibility index (Phi) is 4.05. The number of benzene rings is 1. The Balaban J connectivity index is 1.65. The van der Waals surface area contributed by atoms with Crippen molar-refractivity contribution in [3.63, 3.8) is 0 Å². The maximum atomic E-state index is 12.1. The fraction of sp³-hybridized carbons (Fsp3) is 0.357. The first kappa shape index (κ1) is 14.2. The summed E-state index contributed by atoms with van der Waals surface area (Å²) in [5, 5.41) is 4.25. The standard InChI is InChI=1S/C14H18N4O2S/c19-21(20,17-8-4-5-9-17)16-11-13-10-15-18(12-13)14-6-2-1-3-7-14/h1-3,6-7,10,12,16H,4-5,8-9,11H2. The van der Waals surface area contributed by atoms with Gasteiger partial charge in [-0.05, 0) is 25.0 Å². The maximum Gasteiger partial charge on any atom is 0.279 e. The van der Waals surface area contributed by atoms with Crippen LogP contribution in [0, 0.1) is 0 Å². The second kappa shape index (κ2) is 5.97. The lowest BCUT2D eigenvalue weighted by Gasteiger charge is -2.15. The summed E-state index contributed by atoms with van der Waals surface area (Å²) in [4.78, 5) is 0. The second-order valence-corrected chi connectivity index (χ2v) is 6.82. The highest BCUT2D eigenvalue weighted by Crippen LogP contribution is 2.12. The summed E-state index contributed by atoms with van der Waals surface area (Å²) in [5.74, 6) is 0. The van der Waals surface area contributed by atoms with Gasteiger partial charge in [-0.25, -0.2) is 4.68 Å². The first-order valence-corrected chi connectivity index (χ1v) is 8.43. The molecule has 1 fully saturated rings. The molecule has 1 aromatic heterocycles. The minimum Gasteiger partial charge on any atom is -0.241 e. The SMILES string of the molecule is O=S(=O)(NCc1cnn(-c2ccccc2)c1)N1CCCC1. The summed E-state index contributed by atoms with van der Waals surface area (Å²) < 4.78 is 30.0. The Morgan fingerprint density at radius 3 is 2.57 bits per heavy atom. The predicted octanol–water partition coefficient (Wildman–Crippen LogP) is 1.30. The van der Waals surface area contributed by atoms with Crippen molar-refractivity contribution >= 4 is 10.2 Å². The van der Waals surface area contributed by atoms with Crippen LogP contribution in [0.2, 0.25) is 0 Å². The Labute approximate surface area is 124 Å². The average Bonchev–Trinajstić information content (AvgIpc) is 3.18. The van der Waals surface area contributed by atoms with E-state index in [1.165, 1.54) is 4.31 Å². The number of hydrogen-bond donors (Lipinski definition) is 1. The van der Waals surface area contributed by atoms with Crippen LogP contribution in [0.1, 0.15) is 18.4 Å². The minimum absolute atomic E-state index is 0.256. The second-order valence-electron chi connectivity index (χ2n) is 5.06. The van der Waals surface area contributed by atoms with Gasteiger partial charge < -0.3 is 0 Å². The molecule has 1 saturated heterocycles. The van der Waals surface area contributed by atoms with Crippen molar-refractivity contribution in [2.75, 3.05) is 13.1 Å². The molecule has 1 aliphatic heterocycles. The monoisotopic (exact) mass is 306 g/mol. The number of rotatable bonds is 5. The van der Waals surface area contributed by atoms with Gasteiger partial charge in [0.05, 0.1) is 11.9 Å². The third kappa shape index (κ3) is 3.31. The molecule has 2 aromatic rings. The molecule has 0 amide bonds. The summed E-state index contributed by atoms with van der Waals surface area (Å²) in [7, 11) is -3.37. The molecule has 1 N–H and O–H groups in total. The van der Waals surface area contributed by atoms with Crippen LogP contribution in [-0.4, -0.2) is 35.6 Å². The molecule has 1 aromatic carbocycles. The highest BCUT2D eigenvalue weighted by molar-refractivity contribution is 7.87. The smallest absolute Gasteiger partial charge is 0.241 e. The number of nitrogens with one attached hydrogen (secondary N) is 1. The molecule has 0 unspecified atom stereocenters. The van der Waals surface area contributed by atoms with E-state index >= 15 is 0 Å². The number of para-hydroxylation sites is 1. The summed E-state index contributed by atoms with van der Waals surface area (Å²) in [5.41, 5.74) is 1.78. The average molecular weight is 306 g/mol. The molecule has 0 radical (unpaired) electrons. The fourth-order valence-corrected chi connectivity index (χ4v) is 3.64. The van der Waals surface area contributed by atoms with E-state index in [0.29, 0.717) is 13.1 Å². The quantitative estimate of drug-likeness (QED) is 0.905. The van der Waals surface area contributed by atoms with Gasteiger partial charge in [0.2, 0.25) is 0 Å². The first-order chi connectivity index (χ1) is 10.1. The molecular formula is C14H18N4O2S. The van der Waals surface area contributed by atoms with Crippen molar-refractivity contribution in [2.24, 2.45) is 0 Å². The summed E-state index contributed by atoms with van der Waals surface area (Å²) >= 11 is 0. The zero-order valence-electron chi connectivity index (χ0n) is 11.6. The third-order valence-corrected chi connectivity index (χ3v) is 5.07. The first-order valence-electron chi connectivity index (χ1n) is 6.99. The number of nitrogens with zero attached hydrogens (tertiary/aromatic N) is 3. The van der Waals surface area contributed by atoms with Gasteiger partial charge in [0, 0.05) is 31.4 Å². The zero-order valence-corrected chi connectivity index (χ0v) is 12.5. The zero-order chi connectivity index (χ0) is 14.7. The molecule has 0 bridgehead atoms. The molecule has 0 atom stereocenters. The van der Waals surface area contributed by atoms with Crippen LogP contribution < -0.4 is 4.72 Å². The highest BCUT2D eigenvalue weighted by atomic mass is 32.2. The van der Waals surface area contributed by atoms with Gasteiger partial charge in [-0.3, -0.25) is 0 Å². The largest absolute Gasteiger partial charge is 0.279 e. The van der Waals surface area contributed by atoms with E-state index in [4.69, 9.17) is 0 Å². The van der Waals surface area contributed by atoms with E-state index in [-0.39, 0.29) is 6.54 Å². The molecule has 3 rings (SSSR count). The van der Waals surface area contributed by atoms with Gasteiger partial charge in [-0.15, -0.1) is 0 Å². The van der Waals surface area contributed by atoms with E-state index in [0.717, 1.165) is 24.1 Å². The van der Waals surface area contributed by atoms with E-state index in [2.05, 4.69) is 9.82 Å². The van der Waals surface area contributed by atoms with Crippen molar-refractivity contribution in [3.8, 4) is 5.69 Å². The molecule has 0 spiro atoms. The van der Waals surface area contributed by atoms with Crippen molar-refractivity contribution in [1.82, 2.24) is 18.8 Å². The lowest BCUT2D eigenvalue weighted by Crippen LogP contribution is -2.38. The molecular weight excluding hydrogens is 288 g/mol. The molecule has 112 valence electrons. The van der Waals surface area contributed by atoms with Crippen LogP contribution >= 0.6 is 0 Å². The van der Waals surface area contributed by atoms with Gasteiger partial charge in [0.1, 0.15) is 0 Å². The highest BCUT2D eigenvalue weighted by Gasteiger charge is 2.24. The number of aromatic nitrogens is 2. The summed E-state index contributed by atoms with van der Waals surface area (Å²) in [6.45, 7) is 1.48. The van der Waals surface area contributed by atoms with Gasteiger partial charge in [-0.2, -0.15) is 22.5 Å². The Morgan fingerprint density at radius 2 is 1.86 bits per heavy atom. The molecule has 21 heavy (non-hydrogen) atoms. The minimum atomic E-state index is -3.37. The Hall–Kier alpha value is -1.70. The van der Waals surface area contributed by atoms with E-state index in [9.17, 15) is 8.42 Å². The van der Waals surface area contributed by atoms with Crippen molar-refractivity contribution in [2.45, 2.75) is 19.4 Å².